The minimum absolute atomic E-state index is 0.0198. The molecule has 1 aromatic rings. The molecule has 1 amide bonds. The van der Waals surface area contributed by atoms with Gasteiger partial charge in [0.2, 0.25) is 5.91 Å². The molecule has 8 heteroatoms. The number of allylic oxidation sites excluding steroid dienone is 1. The number of benzene rings is 1. The van der Waals surface area contributed by atoms with Crippen molar-refractivity contribution >= 4 is 23.6 Å². The van der Waals surface area contributed by atoms with Crippen molar-refractivity contribution in [1.82, 2.24) is 5.32 Å². The fourth-order valence-electron chi connectivity index (χ4n) is 15.3. The largest absolute Gasteiger partial charge is 0.462 e. The van der Waals surface area contributed by atoms with Gasteiger partial charge in [0.1, 0.15) is 12.7 Å². The molecule has 10 atom stereocenters. The summed E-state index contributed by atoms with van der Waals surface area (Å²) in [5, 5.41) is 3.54. The summed E-state index contributed by atoms with van der Waals surface area (Å²) in [5.41, 5.74) is 7.84. The molecule has 0 heterocycles. The van der Waals surface area contributed by atoms with Gasteiger partial charge in [0, 0.05) is 11.8 Å². The highest BCUT2D eigenvalue weighted by molar-refractivity contribution is 6.02. The van der Waals surface area contributed by atoms with Gasteiger partial charge in [-0.1, -0.05) is 105 Å². The van der Waals surface area contributed by atoms with Crippen LogP contribution in [0.5, 0.6) is 0 Å². The normalized spacial score (nSPS) is 40.7. The Morgan fingerprint density at radius 1 is 0.776 bits per heavy atom. The second kappa shape index (κ2) is 14.0. The number of Topliss-reactive ketones (excluding diaryl/α,β-unsaturated/α-hetero) is 1. The Labute approximate surface area is 348 Å². The number of hydrogen-bond acceptors (Lipinski definition) is 7. The van der Waals surface area contributed by atoms with Crippen LogP contribution >= 0.6 is 0 Å². The number of nitrogens with two attached hydrogens (primary N) is 1. The minimum Gasteiger partial charge on any atom is -0.462 e. The zero-order valence-corrected chi connectivity index (χ0v) is 37.1. The van der Waals surface area contributed by atoms with Crippen molar-refractivity contribution in [2.75, 3.05) is 0 Å². The van der Waals surface area contributed by atoms with Crippen LogP contribution in [0.2, 0.25) is 0 Å². The Morgan fingerprint density at radius 2 is 1.45 bits per heavy atom. The molecule has 7 aliphatic rings. The fourth-order valence-corrected chi connectivity index (χ4v) is 15.3. The molecular formula is C50H72N2O6. The quantitative estimate of drug-likeness (QED) is 0.251. The SMILES string of the molecule is CC(C)C1=C2[C@H]3CC[C@@H]4[C@@]5(C)CC[C@H](OC(=O)[C@H]6C[C@@H](C(=O)OCc7ccccc7)C6(C)C)C(C)(C)[C@@H]5CC[C@@]4(C)[C@]3(C)CC[C@@]2(NC(=O)C2(N)CCCC2)CC1=O. The van der Waals surface area contributed by atoms with Gasteiger partial charge in [0.15, 0.2) is 5.78 Å². The number of rotatable bonds is 8. The standard InChI is InChI=1S/C50H72N2O6/c1-30(2)39-35(53)28-50(52-43(56)49(51)21-13-14-22-49)26-25-47(8)32(40(39)50)17-18-37-46(7)23-20-38(45(5,6)36(46)19-24-48(37,47)9)58-42(55)34-27-33(44(34,3)4)41(54)57-29-31-15-11-10-12-16-31/h10-12,15-16,30,32-34,36-38H,13-14,17-29,51H2,1-9H3,(H,52,56)/t32-,33+,34-,36+,37-,38+,46+,47-,48-,50-/m1/s1. The van der Waals surface area contributed by atoms with Crippen LogP contribution in [-0.4, -0.2) is 40.8 Å². The highest BCUT2D eigenvalue weighted by Gasteiger charge is 2.71. The highest BCUT2D eigenvalue weighted by atomic mass is 16.5. The number of ether oxygens (including phenoxy) is 2. The Balaban J connectivity index is 0.987. The van der Waals surface area contributed by atoms with Gasteiger partial charge in [-0.25, -0.2) is 0 Å². The maximum Gasteiger partial charge on any atom is 0.309 e. The van der Waals surface area contributed by atoms with Gasteiger partial charge in [-0.05, 0) is 133 Å². The van der Waals surface area contributed by atoms with Crippen molar-refractivity contribution in [1.29, 1.82) is 0 Å². The van der Waals surface area contributed by atoms with E-state index in [2.05, 4.69) is 53.8 Å². The van der Waals surface area contributed by atoms with Crippen LogP contribution in [0.3, 0.4) is 0 Å². The lowest BCUT2D eigenvalue weighted by Crippen LogP contribution is -2.68. The van der Waals surface area contributed by atoms with Crippen molar-refractivity contribution in [2.24, 2.45) is 68.3 Å². The Morgan fingerprint density at radius 3 is 2.10 bits per heavy atom. The molecular weight excluding hydrogens is 725 g/mol. The smallest absolute Gasteiger partial charge is 0.309 e. The van der Waals surface area contributed by atoms with E-state index in [1.165, 1.54) is 5.57 Å². The summed E-state index contributed by atoms with van der Waals surface area (Å²) in [6, 6.07) is 9.71. The van der Waals surface area contributed by atoms with Gasteiger partial charge in [-0.3, -0.25) is 19.2 Å². The minimum atomic E-state index is -0.839. The molecule has 0 radical (unpaired) electrons. The van der Waals surface area contributed by atoms with Gasteiger partial charge < -0.3 is 20.5 Å². The zero-order valence-electron chi connectivity index (χ0n) is 37.1. The van der Waals surface area contributed by atoms with Gasteiger partial charge in [-0.2, -0.15) is 0 Å². The van der Waals surface area contributed by atoms with Gasteiger partial charge in [-0.15, -0.1) is 0 Å². The van der Waals surface area contributed by atoms with Crippen molar-refractivity contribution in [3.05, 3.63) is 47.0 Å². The fraction of sp³-hybridized carbons (Fsp3) is 0.760. The van der Waals surface area contributed by atoms with E-state index in [0.29, 0.717) is 37.5 Å². The molecule has 0 aromatic heterocycles. The molecule has 7 aliphatic carbocycles. The monoisotopic (exact) mass is 797 g/mol. The van der Waals surface area contributed by atoms with E-state index in [0.717, 1.165) is 75.3 Å². The number of ketones is 1. The molecule has 6 saturated carbocycles. The average Bonchev–Trinajstić information content (AvgIpc) is 3.73. The van der Waals surface area contributed by atoms with Crippen LogP contribution in [0.1, 0.15) is 158 Å². The lowest BCUT2D eigenvalue weighted by molar-refractivity contribution is -0.235. The first-order valence-corrected chi connectivity index (χ1v) is 22.9. The summed E-state index contributed by atoms with van der Waals surface area (Å²) < 4.78 is 12.3. The van der Waals surface area contributed by atoms with Crippen molar-refractivity contribution in [2.45, 2.75) is 176 Å². The molecule has 0 spiro atoms. The predicted octanol–water partition coefficient (Wildman–Crippen LogP) is 9.42. The summed E-state index contributed by atoms with van der Waals surface area (Å²) in [5.74, 6) is 0.322. The summed E-state index contributed by atoms with van der Waals surface area (Å²) in [4.78, 5) is 55.2. The first-order chi connectivity index (χ1) is 27.1. The number of carbonyl (C=O) groups is 4. The molecule has 0 aliphatic heterocycles. The molecule has 3 N–H and O–H groups in total. The van der Waals surface area contributed by atoms with Crippen molar-refractivity contribution < 1.29 is 28.7 Å². The molecule has 58 heavy (non-hydrogen) atoms. The number of hydrogen-bond donors (Lipinski definition) is 2. The van der Waals surface area contributed by atoms with E-state index >= 15 is 0 Å². The van der Waals surface area contributed by atoms with E-state index in [4.69, 9.17) is 15.2 Å². The van der Waals surface area contributed by atoms with E-state index in [9.17, 15) is 19.2 Å². The molecule has 0 saturated heterocycles. The third-order valence-electron chi connectivity index (χ3n) is 19.0. The molecule has 6 fully saturated rings. The molecule has 8 nitrogen and oxygen atoms in total. The van der Waals surface area contributed by atoms with Gasteiger partial charge in [0.05, 0.1) is 22.9 Å². The topological polar surface area (TPSA) is 125 Å². The average molecular weight is 797 g/mol. The van der Waals surface area contributed by atoms with Crippen LogP contribution in [0.4, 0.5) is 0 Å². The molecule has 8 rings (SSSR count). The second-order valence-electron chi connectivity index (χ2n) is 22.6. The summed E-state index contributed by atoms with van der Waals surface area (Å²) in [7, 11) is 0. The maximum atomic E-state index is 14.1. The lowest BCUT2D eigenvalue weighted by Gasteiger charge is -2.72. The Hall–Kier alpha value is -3.00. The van der Waals surface area contributed by atoms with Crippen molar-refractivity contribution in [3.8, 4) is 0 Å². The summed E-state index contributed by atoms with van der Waals surface area (Å²) >= 11 is 0. The number of fused-ring (bicyclic) bond motifs is 7. The molecule has 0 unspecified atom stereocenters. The predicted molar refractivity (Wildman–Crippen MR) is 225 cm³/mol. The third-order valence-corrected chi connectivity index (χ3v) is 19.0. The molecule has 1 aromatic carbocycles. The number of nitrogens with one attached hydrogen (secondary N) is 1. The van der Waals surface area contributed by atoms with Crippen LogP contribution in [0.25, 0.3) is 0 Å². The number of esters is 2. The first kappa shape index (κ1) is 41.7. The Bertz CT molecular complexity index is 1880. The summed E-state index contributed by atoms with van der Waals surface area (Å²) in [6.07, 6.45) is 11.9. The molecule has 0 bridgehead atoms. The van der Waals surface area contributed by atoms with E-state index < -0.39 is 16.5 Å². The highest BCUT2D eigenvalue weighted by Crippen LogP contribution is 2.76. The third kappa shape index (κ3) is 6.04. The van der Waals surface area contributed by atoms with Gasteiger partial charge in [0.25, 0.3) is 0 Å². The van der Waals surface area contributed by atoms with Crippen LogP contribution < -0.4 is 11.1 Å². The van der Waals surface area contributed by atoms with Crippen molar-refractivity contribution in [3.63, 3.8) is 0 Å². The van der Waals surface area contributed by atoms with Crippen LogP contribution in [0.15, 0.2) is 41.5 Å². The van der Waals surface area contributed by atoms with Crippen LogP contribution in [-0.2, 0) is 35.3 Å². The van der Waals surface area contributed by atoms with Crippen LogP contribution in [0, 0.1) is 62.6 Å². The molecule has 318 valence electrons. The number of amides is 1. The second-order valence-corrected chi connectivity index (χ2v) is 22.6. The zero-order chi connectivity index (χ0) is 41.8. The van der Waals surface area contributed by atoms with E-state index in [-0.39, 0.29) is 81.7 Å². The lowest BCUT2D eigenvalue weighted by atomic mass is 9.33. The van der Waals surface area contributed by atoms with E-state index in [1.54, 1.807) is 0 Å². The maximum absolute atomic E-state index is 14.1. The number of carbonyl (C=O) groups excluding carboxylic acids is 4. The van der Waals surface area contributed by atoms with Gasteiger partial charge >= 0.3 is 11.9 Å². The first-order valence-electron chi connectivity index (χ1n) is 22.9. The van der Waals surface area contributed by atoms with E-state index in [1.807, 2.05) is 44.2 Å². The Kier molecular flexibility index (Phi) is 10.1. The summed E-state index contributed by atoms with van der Waals surface area (Å²) in [6.45, 7) is 20.9.